The molecule has 0 unspecified atom stereocenters. The number of rotatable bonds is 4. The number of aromatic nitrogens is 2. The van der Waals surface area contributed by atoms with Crippen LogP contribution in [-0.4, -0.2) is 40.4 Å². The van der Waals surface area contributed by atoms with E-state index in [1.54, 1.807) is 23.1 Å². The minimum atomic E-state index is -0.494. The molecule has 5 rings (SSSR count). The Bertz CT molecular complexity index is 1160. The van der Waals surface area contributed by atoms with Gasteiger partial charge < -0.3 is 14.5 Å². The van der Waals surface area contributed by atoms with Crippen LogP contribution in [0.3, 0.4) is 0 Å². The van der Waals surface area contributed by atoms with Crippen LogP contribution in [0, 0.1) is 11.6 Å². The summed E-state index contributed by atoms with van der Waals surface area (Å²) in [5.74, 6) is -0.359. The Hall–Kier alpha value is -3.55. The van der Waals surface area contributed by atoms with Crippen molar-refractivity contribution >= 4 is 11.9 Å². The van der Waals surface area contributed by atoms with Gasteiger partial charge in [-0.15, -0.1) is 0 Å². The highest BCUT2D eigenvalue weighted by atomic mass is 19.1. The van der Waals surface area contributed by atoms with Gasteiger partial charge in [0.05, 0.1) is 17.8 Å². The number of hydrogen-bond donors (Lipinski definition) is 0. The Labute approximate surface area is 184 Å². The number of amides is 1. The fourth-order valence-electron chi connectivity index (χ4n) is 4.12. The number of hydrogen-bond acceptors (Lipinski definition) is 5. The van der Waals surface area contributed by atoms with E-state index < -0.39 is 11.6 Å². The molecule has 1 fully saturated rings. The Morgan fingerprint density at radius 1 is 0.969 bits per heavy atom. The molecule has 32 heavy (non-hydrogen) atoms. The Morgan fingerprint density at radius 2 is 1.78 bits per heavy atom. The van der Waals surface area contributed by atoms with Crippen molar-refractivity contribution in [2.24, 2.45) is 0 Å². The molecule has 0 bridgehead atoms. The average Bonchev–Trinajstić information content (AvgIpc) is 3.35. The first-order valence-corrected chi connectivity index (χ1v) is 10.7. The molecule has 0 saturated carbocycles. The lowest BCUT2D eigenvalue weighted by atomic mass is 10.1. The van der Waals surface area contributed by atoms with Gasteiger partial charge >= 0.3 is 0 Å². The van der Waals surface area contributed by atoms with Gasteiger partial charge in [-0.3, -0.25) is 4.79 Å². The average molecular weight is 436 g/mol. The van der Waals surface area contributed by atoms with Crippen LogP contribution in [0.5, 0.6) is 11.6 Å². The van der Waals surface area contributed by atoms with Crippen molar-refractivity contribution in [1.29, 1.82) is 0 Å². The molecule has 0 radical (unpaired) electrons. The molecule has 2 aromatic carbocycles. The summed E-state index contributed by atoms with van der Waals surface area (Å²) in [4.78, 5) is 26.0. The van der Waals surface area contributed by atoms with E-state index in [1.165, 1.54) is 30.3 Å². The summed E-state index contributed by atoms with van der Waals surface area (Å²) < 4.78 is 33.8. The lowest BCUT2D eigenvalue weighted by molar-refractivity contribution is 0.0731. The molecule has 0 N–H and O–H groups in total. The fourth-order valence-corrected chi connectivity index (χ4v) is 4.12. The predicted octanol–water partition coefficient (Wildman–Crippen LogP) is 4.35. The van der Waals surface area contributed by atoms with Gasteiger partial charge in [0.1, 0.15) is 5.82 Å². The maximum absolute atomic E-state index is 14.3. The molecule has 2 aliphatic heterocycles. The summed E-state index contributed by atoms with van der Waals surface area (Å²) in [5.41, 5.74) is 1.71. The third-order valence-corrected chi connectivity index (χ3v) is 5.80. The molecule has 3 aromatic rings. The van der Waals surface area contributed by atoms with Crippen molar-refractivity contribution in [3.8, 4) is 11.6 Å². The summed E-state index contributed by atoms with van der Waals surface area (Å²) in [6, 6.07) is 11.8. The summed E-state index contributed by atoms with van der Waals surface area (Å²) in [6.07, 6.45) is 2.65. The van der Waals surface area contributed by atoms with Gasteiger partial charge in [0.15, 0.2) is 11.6 Å². The number of halogens is 2. The zero-order valence-electron chi connectivity index (χ0n) is 17.4. The molecular weight excluding hydrogens is 414 g/mol. The van der Waals surface area contributed by atoms with Crippen LogP contribution in [0.4, 0.5) is 14.7 Å². The molecule has 8 heteroatoms. The van der Waals surface area contributed by atoms with Gasteiger partial charge in [-0.05, 0) is 43.2 Å². The van der Waals surface area contributed by atoms with Gasteiger partial charge in [0, 0.05) is 31.6 Å². The lowest BCUT2D eigenvalue weighted by Gasteiger charge is -2.30. The van der Waals surface area contributed by atoms with Crippen molar-refractivity contribution in [2.45, 2.75) is 25.8 Å². The van der Waals surface area contributed by atoms with Crippen molar-refractivity contribution in [1.82, 2.24) is 14.9 Å². The number of anilines is 1. The Morgan fingerprint density at radius 3 is 2.56 bits per heavy atom. The van der Waals surface area contributed by atoms with Crippen LogP contribution in [0.25, 0.3) is 0 Å². The van der Waals surface area contributed by atoms with Crippen molar-refractivity contribution < 1.29 is 18.3 Å². The van der Waals surface area contributed by atoms with Crippen LogP contribution < -0.4 is 9.64 Å². The molecule has 6 nitrogen and oxygen atoms in total. The second-order valence-electron chi connectivity index (χ2n) is 7.97. The largest absolute Gasteiger partial charge is 0.435 e. The molecule has 1 saturated heterocycles. The molecule has 2 aliphatic rings. The topological polar surface area (TPSA) is 58.6 Å². The highest BCUT2D eigenvalue weighted by molar-refractivity contribution is 5.94. The fraction of sp³-hybridized carbons (Fsp3) is 0.292. The monoisotopic (exact) mass is 436 g/mol. The van der Waals surface area contributed by atoms with Crippen LogP contribution in [0.1, 0.15) is 34.5 Å². The molecule has 164 valence electrons. The summed E-state index contributed by atoms with van der Waals surface area (Å²) >= 11 is 0. The SMILES string of the molecule is O=C(c1cccc(F)c1)N1CCc2nc(N3CCCC3)nc(Oc3ccccc3F)c2C1. The molecular formula is C24H22F2N4O2. The quantitative estimate of drug-likeness (QED) is 0.609. The Kier molecular flexibility index (Phi) is 5.43. The maximum atomic E-state index is 14.3. The van der Waals surface area contributed by atoms with E-state index in [0.29, 0.717) is 24.5 Å². The van der Waals surface area contributed by atoms with Crippen molar-refractivity contribution in [2.75, 3.05) is 24.5 Å². The summed E-state index contributed by atoms with van der Waals surface area (Å²) in [7, 11) is 0. The second kappa shape index (κ2) is 8.53. The number of ether oxygens (including phenoxy) is 1. The first-order valence-electron chi connectivity index (χ1n) is 10.7. The van der Waals surface area contributed by atoms with Crippen LogP contribution in [0.2, 0.25) is 0 Å². The van der Waals surface area contributed by atoms with Gasteiger partial charge in [-0.2, -0.15) is 4.98 Å². The summed E-state index contributed by atoms with van der Waals surface area (Å²) in [5, 5.41) is 0. The van der Waals surface area contributed by atoms with Crippen LogP contribution in [-0.2, 0) is 13.0 Å². The summed E-state index contributed by atoms with van der Waals surface area (Å²) in [6.45, 7) is 2.37. The van der Waals surface area contributed by atoms with Crippen molar-refractivity contribution in [3.63, 3.8) is 0 Å². The van der Waals surface area contributed by atoms with Crippen LogP contribution in [0.15, 0.2) is 48.5 Å². The number of carbonyl (C=O) groups excluding carboxylic acids is 1. The smallest absolute Gasteiger partial charge is 0.254 e. The molecule has 0 spiro atoms. The van der Waals surface area contributed by atoms with E-state index in [2.05, 4.69) is 9.88 Å². The number of fused-ring (bicyclic) bond motifs is 1. The number of benzene rings is 2. The van der Waals surface area contributed by atoms with E-state index >= 15 is 0 Å². The highest BCUT2D eigenvalue weighted by Gasteiger charge is 2.29. The van der Waals surface area contributed by atoms with Gasteiger partial charge in [-0.25, -0.2) is 13.8 Å². The van der Waals surface area contributed by atoms with E-state index in [1.807, 2.05) is 0 Å². The first kappa shape index (κ1) is 20.4. The number of nitrogens with zero attached hydrogens (tertiary/aromatic N) is 4. The predicted molar refractivity (Wildman–Crippen MR) is 115 cm³/mol. The Balaban J connectivity index is 1.50. The number of para-hydroxylation sites is 1. The molecule has 0 atom stereocenters. The van der Waals surface area contributed by atoms with Gasteiger partial charge in [0.25, 0.3) is 5.91 Å². The first-order chi connectivity index (χ1) is 15.6. The van der Waals surface area contributed by atoms with Crippen LogP contribution >= 0.6 is 0 Å². The molecule has 1 aromatic heterocycles. The standard InChI is InChI=1S/C24H22F2N4O2/c25-17-7-5-6-16(14-17)23(31)30-13-10-20-18(15-30)22(32-21-9-2-1-8-19(21)26)28-24(27-20)29-11-3-4-12-29/h1-2,5-9,14H,3-4,10-13,15H2. The highest BCUT2D eigenvalue weighted by Crippen LogP contribution is 2.33. The van der Waals surface area contributed by atoms with Crippen molar-refractivity contribution in [3.05, 3.63) is 77.0 Å². The second-order valence-corrected chi connectivity index (χ2v) is 7.97. The molecule has 0 aliphatic carbocycles. The molecule has 3 heterocycles. The van der Waals surface area contributed by atoms with Gasteiger partial charge in [-0.1, -0.05) is 18.2 Å². The van der Waals surface area contributed by atoms with E-state index in [4.69, 9.17) is 9.72 Å². The number of carbonyl (C=O) groups is 1. The van der Waals surface area contributed by atoms with Gasteiger partial charge in [0.2, 0.25) is 11.8 Å². The zero-order chi connectivity index (χ0) is 22.1. The third-order valence-electron chi connectivity index (χ3n) is 5.80. The zero-order valence-corrected chi connectivity index (χ0v) is 17.4. The normalized spacial score (nSPS) is 15.6. The molecule has 1 amide bonds. The van der Waals surface area contributed by atoms with E-state index in [9.17, 15) is 13.6 Å². The third kappa shape index (κ3) is 4.00. The van der Waals surface area contributed by atoms with E-state index in [-0.39, 0.29) is 29.6 Å². The maximum Gasteiger partial charge on any atom is 0.254 e. The minimum Gasteiger partial charge on any atom is -0.435 e. The minimum absolute atomic E-state index is 0.0642. The lowest BCUT2D eigenvalue weighted by Crippen LogP contribution is -2.37. The van der Waals surface area contributed by atoms with E-state index in [0.717, 1.165) is 31.6 Å².